The Bertz CT molecular complexity index is 367. The first kappa shape index (κ1) is 10.5. The van der Waals surface area contributed by atoms with E-state index >= 15 is 0 Å². The number of hydrogen-bond donors (Lipinski definition) is 0. The lowest BCUT2D eigenvalue weighted by Gasteiger charge is -2.37. The number of rotatable bonds is 2. The van der Waals surface area contributed by atoms with Crippen molar-refractivity contribution < 1.29 is 4.74 Å². The molecule has 2 fully saturated rings. The van der Waals surface area contributed by atoms with Crippen molar-refractivity contribution in [3.8, 4) is 0 Å². The van der Waals surface area contributed by atoms with Gasteiger partial charge < -0.3 is 9.64 Å². The van der Waals surface area contributed by atoms with Crippen LogP contribution in [-0.4, -0.2) is 34.7 Å². The maximum atomic E-state index is 5.50. The lowest BCUT2D eigenvalue weighted by Crippen LogP contribution is -2.45. The summed E-state index contributed by atoms with van der Waals surface area (Å²) in [6.45, 7) is 1.96. The van der Waals surface area contributed by atoms with Crippen molar-refractivity contribution in [3.05, 3.63) is 5.82 Å². The van der Waals surface area contributed by atoms with E-state index in [1.807, 2.05) is 14.0 Å². The maximum Gasteiger partial charge on any atom is 0.205 e. The van der Waals surface area contributed by atoms with Gasteiger partial charge in [-0.2, -0.15) is 4.37 Å². The summed E-state index contributed by atoms with van der Waals surface area (Å²) in [6, 6.07) is 1.24. The third kappa shape index (κ3) is 1.62. The van der Waals surface area contributed by atoms with Gasteiger partial charge in [0.2, 0.25) is 5.13 Å². The summed E-state index contributed by atoms with van der Waals surface area (Å²) in [5.41, 5.74) is 0. The highest BCUT2D eigenvalue weighted by Gasteiger charge is 2.42. The smallest absolute Gasteiger partial charge is 0.205 e. The number of nitrogens with zero attached hydrogens (tertiary/aromatic N) is 3. The van der Waals surface area contributed by atoms with Gasteiger partial charge in [0, 0.05) is 30.7 Å². The molecule has 0 aliphatic carbocycles. The molecule has 5 heteroatoms. The zero-order valence-electron chi connectivity index (χ0n) is 9.72. The standard InChI is InChI=1S/C11H17N3OS/c1-7-12-11(16-13-7)14-8-3-4-9(14)6-10(5-8)15-2/h8-10H,3-6H2,1-2H3. The van der Waals surface area contributed by atoms with Gasteiger partial charge in [-0.25, -0.2) is 4.98 Å². The Balaban J connectivity index is 1.83. The largest absolute Gasteiger partial charge is 0.381 e. The van der Waals surface area contributed by atoms with Crippen molar-refractivity contribution in [1.82, 2.24) is 9.36 Å². The number of aromatic nitrogens is 2. The molecule has 3 heterocycles. The Labute approximate surface area is 99.8 Å². The molecule has 0 spiro atoms. The lowest BCUT2D eigenvalue weighted by atomic mass is 10.0. The van der Waals surface area contributed by atoms with Crippen LogP contribution in [0.25, 0.3) is 0 Å². The third-order valence-electron chi connectivity index (χ3n) is 3.76. The van der Waals surface area contributed by atoms with Crippen LogP contribution in [0.3, 0.4) is 0 Å². The van der Waals surface area contributed by atoms with Crippen LogP contribution in [0, 0.1) is 6.92 Å². The molecule has 2 bridgehead atoms. The molecule has 2 atom stereocenters. The average Bonchev–Trinajstić information content (AvgIpc) is 2.80. The van der Waals surface area contributed by atoms with E-state index < -0.39 is 0 Å². The van der Waals surface area contributed by atoms with Crippen LogP contribution in [-0.2, 0) is 4.74 Å². The van der Waals surface area contributed by atoms with Gasteiger partial charge in [0.25, 0.3) is 0 Å². The van der Waals surface area contributed by atoms with E-state index in [-0.39, 0.29) is 0 Å². The van der Waals surface area contributed by atoms with Crippen molar-refractivity contribution in [1.29, 1.82) is 0 Å². The first-order valence-electron chi connectivity index (χ1n) is 5.89. The second-order valence-corrected chi connectivity index (χ2v) is 5.48. The summed E-state index contributed by atoms with van der Waals surface area (Å²) in [5.74, 6) is 0.897. The molecule has 4 nitrogen and oxygen atoms in total. The van der Waals surface area contributed by atoms with E-state index in [4.69, 9.17) is 4.74 Å². The van der Waals surface area contributed by atoms with E-state index in [9.17, 15) is 0 Å². The molecule has 0 radical (unpaired) electrons. The molecule has 3 rings (SSSR count). The molecule has 2 unspecified atom stereocenters. The first-order valence-corrected chi connectivity index (χ1v) is 6.66. The Hall–Kier alpha value is -0.680. The van der Waals surface area contributed by atoms with Gasteiger partial charge in [-0.3, -0.25) is 0 Å². The van der Waals surface area contributed by atoms with E-state index in [1.165, 1.54) is 24.4 Å². The molecule has 0 saturated carbocycles. The molecular weight excluding hydrogens is 222 g/mol. The number of anilines is 1. The number of fused-ring (bicyclic) bond motifs is 2. The fraction of sp³-hybridized carbons (Fsp3) is 0.818. The molecule has 2 aliphatic rings. The molecule has 2 saturated heterocycles. The van der Waals surface area contributed by atoms with E-state index in [1.54, 1.807) is 0 Å². The highest BCUT2D eigenvalue weighted by Crippen LogP contribution is 2.40. The van der Waals surface area contributed by atoms with Crippen LogP contribution < -0.4 is 4.90 Å². The predicted molar refractivity (Wildman–Crippen MR) is 64.0 cm³/mol. The Morgan fingerprint density at radius 3 is 2.50 bits per heavy atom. The Kier molecular flexibility index (Phi) is 2.59. The minimum absolute atomic E-state index is 0.447. The minimum atomic E-state index is 0.447. The summed E-state index contributed by atoms with van der Waals surface area (Å²) in [6.07, 6.45) is 5.30. The van der Waals surface area contributed by atoms with E-state index in [0.717, 1.165) is 23.8 Å². The molecule has 1 aromatic rings. The zero-order chi connectivity index (χ0) is 11.1. The topological polar surface area (TPSA) is 38.2 Å². The lowest BCUT2D eigenvalue weighted by molar-refractivity contribution is 0.0684. The summed E-state index contributed by atoms with van der Waals surface area (Å²) in [7, 11) is 1.83. The number of methoxy groups -OCH3 is 1. The van der Waals surface area contributed by atoms with Gasteiger partial charge in [-0.05, 0) is 32.6 Å². The SMILES string of the molecule is COC1CC2CCC(C1)N2c1nc(C)ns1. The summed E-state index contributed by atoms with van der Waals surface area (Å²) >= 11 is 1.54. The zero-order valence-corrected chi connectivity index (χ0v) is 10.5. The van der Waals surface area contributed by atoms with Gasteiger partial charge in [-0.15, -0.1) is 0 Å². The van der Waals surface area contributed by atoms with E-state index in [2.05, 4.69) is 14.3 Å². The molecule has 0 amide bonds. The number of piperidine rings is 1. The Morgan fingerprint density at radius 2 is 2.00 bits per heavy atom. The van der Waals surface area contributed by atoms with Crippen LogP contribution in [0.5, 0.6) is 0 Å². The van der Waals surface area contributed by atoms with Crippen LogP contribution in [0.1, 0.15) is 31.5 Å². The fourth-order valence-electron chi connectivity index (χ4n) is 3.02. The fourth-order valence-corrected chi connectivity index (χ4v) is 3.84. The maximum absolute atomic E-state index is 5.50. The molecule has 16 heavy (non-hydrogen) atoms. The second-order valence-electron chi connectivity index (χ2n) is 4.75. The Morgan fingerprint density at radius 1 is 1.31 bits per heavy atom. The molecule has 1 aromatic heterocycles. The highest BCUT2D eigenvalue weighted by atomic mass is 32.1. The van der Waals surface area contributed by atoms with Crippen LogP contribution >= 0.6 is 11.5 Å². The van der Waals surface area contributed by atoms with Gasteiger partial charge in [0.15, 0.2) is 0 Å². The van der Waals surface area contributed by atoms with Crippen molar-refractivity contribution in [2.24, 2.45) is 0 Å². The van der Waals surface area contributed by atoms with Crippen LogP contribution in [0.4, 0.5) is 5.13 Å². The minimum Gasteiger partial charge on any atom is -0.381 e. The van der Waals surface area contributed by atoms with Gasteiger partial charge in [-0.1, -0.05) is 0 Å². The summed E-state index contributed by atoms with van der Waals surface area (Å²) in [5, 5.41) is 1.11. The molecule has 0 N–H and O–H groups in total. The summed E-state index contributed by atoms with van der Waals surface area (Å²) < 4.78 is 9.79. The predicted octanol–water partition coefficient (Wildman–Crippen LogP) is 1.99. The normalized spacial score (nSPS) is 33.4. The van der Waals surface area contributed by atoms with E-state index in [0.29, 0.717) is 18.2 Å². The van der Waals surface area contributed by atoms with Crippen molar-refractivity contribution in [3.63, 3.8) is 0 Å². The molecule has 0 aromatic carbocycles. The van der Waals surface area contributed by atoms with Crippen molar-refractivity contribution >= 4 is 16.7 Å². The molecular formula is C11H17N3OS. The van der Waals surface area contributed by atoms with Gasteiger partial charge in [0.1, 0.15) is 5.82 Å². The number of hydrogen-bond acceptors (Lipinski definition) is 5. The van der Waals surface area contributed by atoms with Crippen LogP contribution in [0.15, 0.2) is 0 Å². The highest BCUT2D eigenvalue weighted by molar-refractivity contribution is 7.09. The number of aryl methyl sites for hydroxylation is 1. The number of ether oxygens (including phenoxy) is 1. The van der Waals surface area contributed by atoms with Crippen LogP contribution in [0.2, 0.25) is 0 Å². The molecule has 88 valence electrons. The quantitative estimate of drug-likeness (QED) is 0.791. The van der Waals surface area contributed by atoms with Crippen molar-refractivity contribution in [2.45, 2.75) is 50.8 Å². The van der Waals surface area contributed by atoms with Gasteiger partial charge in [0.05, 0.1) is 6.10 Å². The average molecular weight is 239 g/mol. The molecule has 2 aliphatic heterocycles. The van der Waals surface area contributed by atoms with Gasteiger partial charge >= 0.3 is 0 Å². The van der Waals surface area contributed by atoms with Crippen molar-refractivity contribution in [2.75, 3.05) is 12.0 Å². The first-order chi connectivity index (χ1) is 7.78. The second kappa shape index (κ2) is 3.96. The third-order valence-corrected chi connectivity index (χ3v) is 4.58. The summed E-state index contributed by atoms with van der Waals surface area (Å²) in [4.78, 5) is 7.00. The monoisotopic (exact) mass is 239 g/mol.